The fraction of sp³-hybridized carbons (Fsp3) is 0.462. The van der Waals surface area contributed by atoms with Gasteiger partial charge in [-0.05, 0) is 31.4 Å². The van der Waals surface area contributed by atoms with Crippen molar-refractivity contribution in [2.75, 3.05) is 17.6 Å². The van der Waals surface area contributed by atoms with Gasteiger partial charge in [-0.3, -0.25) is 0 Å². The van der Waals surface area contributed by atoms with Gasteiger partial charge in [0.05, 0.1) is 21.2 Å². The molecule has 0 radical (unpaired) electrons. The fourth-order valence-electron chi connectivity index (χ4n) is 2.45. The van der Waals surface area contributed by atoms with Crippen LogP contribution in [0.2, 0.25) is 0 Å². The molecule has 0 saturated carbocycles. The molecule has 1 aliphatic rings. The highest BCUT2D eigenvalue weighted by Gasteiger charge is 2.31. The number of sulfone groups is 1. The average Bonchev–Trinajstić information content (AvgIpc) is 2.90. The van der Waals surface area contributed by atoms with E-state index in [0.717, 1.165) is 33.8 Å². The second-order valence-electron chi connectivity index (χ2n) is 4.95. The molecule has 0 amide bonds. The molecule has 1 saturated heterocycles. The number of para-hydroxylation sites is 1. The second-order valence-corrected chi connectivity index (χ2v) is 8.38. The van der Waals surface area contributed by atoms with Crippen LogP contribution in [0.15, 0.2) is 18.2 Å². The maximum Gasteiger partial charge on any atom is 0.183 e. The van der Waals surface area contributed by atoms with Crippen molar-refractivity contribution in [1.29, 1.82) is 0 Å². The minimum Gasteiger partial charge on any atom is -0.360 e. The lowest BCUT2D eigenvalue weighted by Gasteiger charge is -2.09. The lowest BCUT2D eigenvalue weighted by Crippen LogP contribution is -2.24. The van der Waals surface area contributed by atoms with Crippen molar-refractivity contribution in [3.63, 3.8) is 0 Å². The maximum absolute atomic E-state index is 11.8. The topological polar surface area (TPSA) is 59.1 Å². The molecule has 6 heteroatoms. The van der Waals surface area contributed by atoms with Gasteiger partial charge in [-0.25, -0.2) is 13.4 Å². The molecule has 1 aliphatic heterocycles. The summed E-state index contributed by atoms with van der Waals surface area (Å²) in [7, 11) is -2.88. The van der Waals surface area contributed by atoms with Crippen LogP contribution in [0.1, 0.15) is 18.4 Å². The molecule has 2 heterocycles. The number of aryl methyl sites for hydroxylation is 1. The number of anilines is 1. The van der Waals surface area contributed by atoms with Crippen LogP contribution >= 0.6 is 11.3 Å². The molecule has 0 spiro atoms. The molecule has 1 unspecified atom stereocenters. The first-order chi connectivity index (χ1) is 9.06. The Hall–Kier alpha value is -1.14. The number of rotatable bonds is 3. The van der Waals surface area contributed by atoms with Gasteiger partial charge in [0.15, 0.2) is 15.0 Å². The first-order valence-electron chi connectivity index (χ1n) is 6.38. The summed E-state index contributed by atoms with van der Waals surface area (Å²) in [6.45, 7) is 2.51. The van der Waals surface area contributed by atoms with E-state index in [-0.39, 0.29) is 5.25 Å². The van der Waals surface area contributed by atoms with Crippen molar-refractivity contribution in [2.24, 2.45) is 0 Å². The van der Waals surface area contributed by atoms with Gasteiger partial charge < -0.3 is 5.32 Å². The molecule has 2 aromatic rings. The normalized spacial score (nSPS) is 21.8. The molecule has 1 N–H and O–H groups in total. The van der Waals surface area contributed by atoms with Crippen molar-refractivity contribution >= 4 is 36.5 Å². The first-order valence-corrected chi connectivity index (χ1v) is 8.91. The molecule has 0 aliphatic carbocycles. The number of nitrogens with zero attached hydrogens (tertiary/aromatic N) is 1. The highest BCUT2D eigenvalue weighted by atomic mass is 32.2. The summed E-state index contributed by atoms with van der Waals surface area (Å²) in [5.74, 6) is 0.332. The summed E-state index contributed by atoms with van der Waals surface area (Å²) in [6, 6.07) is 6.09. The second kappa shape index (κ2) is 4.76. The molecular weight excluding hydrogens is 280 g/mol. The van der Waals surface area contributed by atoms with Crippen LogP contribution in [0.25, 0.3) is 10.2 Å². The minimum atomic E-state index is -2.88. The van der Waals surface area contributed by atoms with Gasteiger partial charge in [0, 0.05) is 6.54 Å². The van der Waals surface area contributed by atoms with E-state index in [1.165, 1.54) is 0 Å². The van der Waals surface area contributed by atoms with Crippen LogP contribution in [0, 0.1) is 6.92 Å². The van der Waals surface area contributed by atoms with Crippen LogP contribution in [-0.4, -0.2) is 30.9 Å². The van der Waals surface area contributed by atoms with Crippen molar-refractivity contribution in [3.8, 4) is 0 Å². The largest absolute Gasteiger partial charge is 0.360 e. The predicted octanol–water partition coefficient (Wildman–Crippen LogP) is 2.59. The smallest absolute Gasteiger partial charge is 0.183 e. The Bertz CT molecular complexity index is 707. The number of fused-ring (bicyclic) bond motifs is 1. The standard InChI is InChI=1S/C13H16N2O2S2/c1-9-4-2-6-11-12(9)15-13(18-11)14-8-10-5-3-7-19(10,16)17/h2,4,6,10H,3,5,7-8H2,1H3,(H,14,15). The minimum absolute atomic E-state index is 0.249. The molecular formula is C13H16N2O2S2. The Morgan fingerprint density at radius 3 is 3.00 bits per heavy atom. The number of nitrogens with one attached hydrogen (secondary N) is 1. The summed E-state index contributed by atoms with van der Waals surface area (Å²) >= 11 is 1.58. The van der Waals surface area contributed by atoms with E-state index in [0.29, 0.717) is 12.3 Å². The average molecular weight is 296 g/mol. The van der Waals surface area contributed by atoms with Crippen molar-refractivity contribution in [2.45, 2.75) is 25.0 Å². The van der Waals surface area contributed by atoms with Crippen molar-refractivity contribution < 1.29 is 8.42 Å². The molecule has 1 atom stereocenters. The maximum atomic E-state index is 11.8. The quantitative estimate of drug-likeness (QED) is 0.946. The third-order valence-corrected chi connectivity index (χ3v) is 6.82. The number of benzene rings is 1. The summed E-state index contributed by atoms with van der Waals surface area (Å²) in [6.07, 6.45) is 1.55. The van der Waals surface area contributed by atoms with Crippen LogP contribution < -0.4 is 5.32 Å². The monoisotopic (exact) mass is 296 g/mol. The molecule has 102 valence electrons. The summed E-state index contributed by atoms with van der Waals surface area (Å²) in [5.41, 5.74) is 2.15. The van der Waals surface area contributed by atoms with E-state index in [9.17, 15) is 8.42 Å². The van der Waals surface area contributed by atoms with Crippen LogP contribution in [0.3, 0.4) is 0 Å². The highest BCUT2D eigenvalue weighted by Crippen LogP contribution is 2.28. The summed E-state index contributed by atoms with van der Waals surface area (Å²) in [5, 5.41) is 3.75. The Kier molecular flexibility index (Phi) is 3.22. The summed E-state index contributed by atoms with van der Waals surface area (Å²) in [4.78, 5) is 4.53. The SMILES string of the molecule is Cc1cccc2sc(NCC3CCCS3(=O)=O)nc12. The van der Waals surface area contributed by atoms with Crippen LogP contribution in [0.5, 0.6) is 0 Å². The van der Waals surface area contributed by atoms with Crippen molar-refractivity contribution in [1.82, 2.24) is 4.98 Å². The zero-order valence-corrected chi connectivity index (χ0v) is 12.4. The highest BCUT2D eigenvalue weighted by molar-refractivity contribution is 7.92. The Labute approximate surface area is 116 Å². The van der Waals surface area contributed by atoms with Gasteiger partial charge in [-0.1, -0.05) is 23.5 Å². The van der Waals surface area contributed by atoms with E-state index in [1.807, 2.05) is 25.1 Å². The number of hydrogen-bond donors (Lipinski definition) is 1. The molecule has 3 rings (SSSR count). The van der Waals surface area contributed by atoms with Gasteiger partial charge in [-0.2, -0.15) is 0 Å². The Morgan fingerprint density at radius 2 is 2.32 bits per heavy atom. The van der Waals surface area contributed by atoms with Gasteiger partial charge in [0.25, 0.3) is 0 Å². The molecule has 4 nitrogen and oxygen atoms in total. The molecule has 1 aromatic carbocycles. The first kappa shape index (κ1) is 12.9. The lowest BCUT2D eigenvalue weighted by molar-refractivity contribution is 0.591. The number of aromatic nitrogens is 1. The van der Waals surface area contributed by atoms with E-state index in [1.54, 1.807) is 11.3 Å². The zero-order chi connectivity index (χ0) is 13.5. The molecule has 1 aromatic heterocycles. The van der Waals surface area contributed by atoms with E-state index < -0.39 is 9.84 Å². The van der Waals surface area contributed by atoms with E-state index in [2.05, 4.69) is 10.3 Å². The molecule has 0 bridgehead atoms. The zero-order valence-electron chi connectivity index (χ0n) is 10.7. The van der Waals surface area contributed by atoms with E-state index in [4.69, 9.17) is 0 Å². The van der Waals surface area contributed by atoms with Crippen LogP contribution in [0.4, 0.5) is 5.13 Å². The lowest BCUT2D eigenvalue weighted by atomic mass is 10.2. The van der Waals surface area contributed by atoms with Crippen molar-refractivity contribution in [3.05, 3.63) is 23.8 Å². The molecule has 19 heavy (non-hydrogen) atoms. The third-order valence-electron chi connectivity index (χ3n) is 3.56. The van der Waals surface area contributed by atoms with Gasteiger partial charge in [0.1, 0.15) is 0 Å². The molecule has 1 fully saturated rings. The van der Waals surface area contributed by atoms with Gasteiger partial charge in [0.2, 0.25) is 0 Å². The van der Waals surface area contributed by atoms with Gasteiger partial charge in [-0.15, -0.1) is 0 Å². The Balaban J connectivity index is 1.77. The predicted molar refractivity (Wildman–Crippen MR) is 79.7 cm³/mol. The fourth-order valence-corrected chi connectivity index (χ4v) is 5.17. The van der Waals surface area contributed by atoms with E-state index >= 15 is 0 Å². The number of thiazole rings is 1. The van der Waals surface area contributed by atoms with Gasteiger partial charge >= 0.3 is 0 Å². The third kappa shape index (κ3) is 2.47. The Morgan fingerprint density at radius 1 is 1.47 bits per heavy atom. The summed E-state index contributed by atoms with van der Waals surface area (Å²) < 4.78 is 24.6. The van der Waals surface area contributed by atoms with Crippen LogP contribution in [-0.2, 0) is 9.84 Å². The number of hydrogen-bond acceptors (Lipinski definition) is 5.